The number of methoxy groups -OCH3 is 1. The molecule has 2 atom stereocenters. The zero-order valence-electron chi connectivity index (χ0n) is 16.2. The second-order valence-corrected chi connectivity index (χ2v) is 7.28. The van der Waals surface area contributed by atoms with E-state index < -0.39 is 0 Å². The number of piperidine rings is 1. The van der Waals surface area contributed by atoms with Crippen LogP contribution in [-0.4, -0.2) is 36.5 Å². The quantitative estimate of drug-likeness (QED) is 0.818. The molecule has 144 valence electrons. The number of nitrogens with zero attached hydrogens (tertiary/aromatic N) is 1. The van der Waals surface area contributed by atoms with Crippen LogP contribution in [0.25, 0.3) is 0 Å². The number of hydrogen-bond acceptors (Lipinski definition) is 4. The van der Waals surface area contributed by atoms with Crippen molar-refractivity contribution in [3.05, 3.63) is 59.7 Å². The Morgan fingerprint density at radius 3 is 2.74 bits per heavy atom. The van der Waals surface area contributed by atoms with Gasteiger partial charge in [-0.05, 0) is 68.3 Å². The average Bonchev–Trinajstić information content (AvgIpc) is 2.68. The number of rotatable bonds is 6. The standard InChI is InChI=1S/C22H29N3O2/c1-16(23)21-8-3-4-13-25(21)15-17-6-5-7-19(14-17)24-22(26)18-9-11-20(27-2)12-10-18/h5-7,9-12,14,16,21H,3-4,8,13,15,23H2,1-2H3,(H,24,26). The van der Waals surface area contributed by atoms with Gasteiger partial charge in [0.1, 0.15) is 5.75 Å². The molecule has 27 heavy (non-hydrogen) atoms. The number of nitrogens with one attached hydrogen (secondary N) is 1. The molecule has 3 rings (SSSR count). The van der Waals surface area contributed by atoms with E-state index in [0.717, 1.165) is 30.9 Å². The fraction of sp³-hybridized carbons (Fsp3) is 0.409. The number of likely N-dealkylation sites (tertiary alicyclic amines) is 1. The first kappa shape index (κ1) is 19.4. The third-order valence-corrected chi connectivity index (χ3v) is 5.19. The Morgan fingerprint density at radius 2 is 2.04 bits per heavy atom. The Balaban J connectivity index is 1.66. The first-order valence-corrected chi connectivity index (χ1v) is 9.61. The molecule has 1 heterocycles. The zero-order valence-corrected chi connectivity index (χ0v) is 16.2. The summed E-state index contributed by atoms with van der Waals surface area (Å²) in [5, 5.41) is 2.98. The molecular formula is C22H29N3O2. The molecule has 2 aromatic rings. The molecule has 0 saturated carbocycles. The van der Waals surface area contributed by atoms with Crippen molar-refractivity contribution in [1.82, 2.24) is 4.90 Å². The highest BCUT2D eigenvalue weighted by atomic mass is 16.5. The number of nitrogens with two attached hydrogens (primary N) is 1. The van der Waals surface area contributed by atoms with Crippen molar-refractivity contribution < 1.29 is 9.53 Å². The van der Waals surface area contributed by atoms with Crippen LogP contribution in [0, 0.1) is 0 Å². The van der Waals surface area contributed by atoms with Crippen molar-refractivity contribution >= 4 is 11.6 Å². The van der Waals surface area contributed by atoms with Crippen LogP contribution in [0.3, 0.4) is 0 Å². The Morgan fingerprint density at radius 1 is 1.26 bits per heavy atom. The largest absolute Gasteiger partial charge is 0.497 e. The minimum Gasteiger partial charge on any atom is -0.497 e. The van der Waals surface area contributed by atoms with Gasteiger partial charge in [-0.2, -0.15) is 0 Å². The summed E-state index contributed by atoms with van der Waals surface area (Å²) in [6, 6.07) is 15.8. The van der Waals surface area contributed by atoms with E-state index in [1.54, 1.807) is 31.4 Å². The lowest BCUT2D eigenvalue weighted by Crippen LogP contribution is -2.48. The van der Waals surface area contributed by atoms with E-state index in [0.29, 0.717) is 11.6 Å². The maximum Gasteiger partial charge on any atom is 0.255 e. The first-order valence-electron chi connectivity index (χ1n) is 9.61. The minimum atomic E-state index is -0.124. The molecule has 1 aliphatic rings. The Bertz CT molecular complexity index is 758. The molecule has 5 heteroatoms. The smallest absolute Gasteiger partial charge is 0.255 e. The molecule has 2 unspecified atom stereocenters. The Hall–Kier alpha value is -2.37. The van der Waals surface area contributed by atoms with E-state index in [-0.39, 0.29) is 11.9 Å². The predicted molar refractivity (Wildman–Crippen MR) is 109 cm³/mol. The van der Waals surface area contributed by atoms with Gasteiger partial charge in [-0.1, -0.05) is 18.6 Å². The lowest BCUT2D eigenvalue weighted by atomic mass is 9.96. The van der Waals surface area contributed by atoms with Crippen molar-refractivity contribution in [3.8, 4) is 5.75 Å². The second kappa shape index (κ2) is 9.02. The van der Waals surface area contributed by atoms with Crippen LogP contribution in [0.15, 0.2) is 48.5 Å². The van der Waals surface area contributed by atoms with E-state index in [4.69, 9.17) is 10.5 Å². The van der Waals surface area contributed by atoms with Gasteiger partial charge < -0.3 is 15.8 Å². The van der Waals surface area contributed by atoms with Crippen LogP contribution < -0.4 is 15.8 Å². The Labute approximate surface area is 161 Å². The van der Waals surface area contributed by atoms with Crippen LogP contribution in [0.5, 0.6) is 5.75 Å². The molecule has 1 saturated heterocycles. The Kier molecular flexibility index (Phi) is 6.48. The summed E-state index contributed by atoms with van der Waals surface area (Å²) >= 11 is 0. The molecule has 5 nitrogen and oxygen atoms in total. The molecule has 0 aromatic heterocycles. The van der Waals surface area contributed by atoms with Gasteiger partial charge in [0.05, 0.1) is 7.11 Å². The summed E-state index contributed by atoms with van der Waals surface area (Å²) < 4.78 is 5.14. The fourth-order valence-electron chi connectivity index (χ4n) is 3.74. The summed E-state index contributed by atoms with van der Waals surface area (Å²) in [6.07, 6.45) is 3.63. The first-order chi connectivity index (χ1) is 13.1. The van der Waals surface area contributed by atoms with Gasteiger partial charge in [0.15, 0.2) is 0 Å². The SMILES string of the molecule is COc1ccc(C(=O)Nc2cccc(CN3CCCCC3C(C)N)c2)cc1. The van der Waals surface area contributed by atoms with Gasteiger partial charge in [0.25, 0.3) is 5.91 Å². The van der Waals surface area contributed by atoms with Crippen LogP contribution in [0.1, 0.15) is 42.1 Å². The van der Waals surface area contributed by atoms with Crippen LogP contribution in [0.4, 0.5) is 5.69 Å². The van der Waals surface area contributed by atoms with Crippen LogP contribution in [-0.2, 0) is 6.54 Å². The van der Waals surface area contributed by atoms with Crippen molar-refractivity contribution in [2.75, 3.05) is 19.0 Å². The predicted octanol–water partition coefficient (Wildman–Crippen LogP) is 3.65. The molecule has 2 aromatic carbocycles. The highest BCUT2D eigenvalue weighted by Crippen LogP contribution is 2.23. The highest BCUT2D eigenvalue weighted by Gasteiger charge is 2.25. The molecule has 1 amide bonds. The fourth-order valence-corrected chi connectivity index (χ4v) is 3.74. The summed E-state index contributed by atoms with van der Waals surface area (Å²) in [6.45, 7) is 4.03. The van der Waals surface area contributed by atoms with Crippen LogP contribution in [0.2, 0.25) is 0 Å². The lowest BCUT2D eigenvalue weighted by Gasteiger charge is -2.38. The maximum atomic E-state index is 12.5. The molecule has 1 fully saturated rings. The minimum absolute atomic E-state index is 0.124. The van der Waals surface area contributed by atoms with Gasteiger partial charge in [-0.15, -0.1) is 0 Å². The van der Waals surface area contributed by atoms with E-state index in [1.165, 1.54) is 18.4 Å². The molecular weight excluding hydrogens is 338 g/mol. The zero-order chi connectivity index (χ0) is 19.2. The molecule has 0 aliphatic carbocycles. The summed E-state index contributed by atoms with van der Waals surface area (Å²) in [7, 11) is 1.61. The second-order valence-electron chi connectivity index (χ2n) is 7.28. The number of ether oxygens (including phenoxy) is 1. The maximum absolute atomic E-state index is 12.5. The van der Waals surface area contributed by atoms with Gasteiger partial charge in [0, 0.05) is 29.9 Å². The lowest BCUT2D eigenvalue weighted by molar-refractivity contribution is 0.102. The molecule has 1 aliphatic heterocycles. The van der Waals surface area contributed by atoms with Crippen molar-refractivity contribution in [1.29, 1.82) is 0 Å². The van der Waals surface area contributed by atoms with E-state index in [9.17, 15) is 4.79 Å². The van der Waals surface area contributed by atoms with E-state index in [1.807, 2.05) is 18.2 Å². The average molecular weight is 367 g/mol. The van der Waals surface area contributed by atoms with Gasteiger partial charge in [-0.3, -0.25) is 9.69 Å². The summed E-state index contributed by atoms with van der Waals surface area (Å²) in [4.78, 5) is 14.9. The third-order valence-electron chi connectivity index (χ3n) is 5.19. The topological polar surface area (TPSA) is 67.6 Å². The number of carbonyl (C=O) groups excluding carboxylic acids is 1. The number of hydrogen-bond donors (Lipinski definition) is 2. The third kappa shape index (κ3) is 5.08. The van der Waals surface area contributed by atoms with Crippen molar-refractivity contribution in [2.45, 2.75) is 44.8 Å². The van der Waals surface area contributed by atoms with Gasteiger partial charge in [0.2, 0.25) is 0 Å². The number of benzene rings is 2. The summed E-state index contributed by atoms with van der Waals surface area (Å²) in [5.41, 5.74) is 8.79. The van der Waals surface area contributed by atoms with Crippen molar-refractivity contribution in [3.63, 3.8) is 0 Å². The summed E-state index contributed by atoms with van der Waals surface area (Å²) in [5.74, 6) is 0.611. The van der Waals surface area contributed by atoms with Gasteiger partial charge >= 0.3 is 0 Å². The highest BCUT2D eigenvalue weighted by molar-refractivity contribution is 6.04. The molecule has 0 radical (unpaired) electrons. The van der Waals surface area contributed by atoms with E-state index >= 15 is 0 Å². The monoisotopic (exact) mass is 367 g/mol. The number of anilines is 1. The number of carbonyl (C=O) groups is 1. The van der Waals surface area contributed by atoms with Gasteiger partial charge in [-0.25, -0.2) is 0 Å². The molecule has 0 bridgehead atoms. The molecule has 0 spiro atoms. The number of amides is 1. The van der Waals surface area contributed by atoms with Crippen molar-refractivity contribution in [2.24, 2.45) is 5.73 Å². The van der Waals surface area contributed by atoms with E-state index in [2.05, 4.69) is 23.2 Å². The normalized spacial score (nSPS) is 18.7. The van der Waals surface area contributed by atoms with Crippen LogP contribution >= 0.6 is 0 Å². The molecule has 3 N–H and O–H groups in total.